The van der Waals surface area contributed by atoms with Crippen LogP contribution in [0.3, 0.4) is 0 Å². The smallest absolute Gasteiger partial charge is 0.344 e. The second kappa shape index (κ2) is 9.62. The van der Waals surface area contributed by atoms with Crippen LogP contribution in [0, 0.1) is 0 Å². The lowest BCUT2D eigenvalue weighted by Gasteiger charge is -2.14. The van der Waals surface area contributed by atoms with Crippen LogP contribution in [0.2, 0.25) is 0 Å². The highest BCUT2D eigenvalue weighted by Crippen LogP contribution is 2.40. The van der Waals surface area contributed by atoms with Gasteiger partial charge in [-0.2, -0.15) is 0 Å². The first-order chi connectivity index (χ1) is 17.4. The van der Waals surface area contributed by atoms with Gasteiger partial charge in [-0.05, 0) is 43.7 Å². The number of hydrogen-bond donors (Lipinski definition) is 0. The molecule has 5 aromatic rings. The molecule has 0 spiro atoms. The van der Waals surface area contributed by atoms with Crippen molar-refractivity contribution in [2.45, 2.75) is 20.0 Å². The van der Waals surface area contributed by atoms with Gasteiger partial charge in [-0.15, -0.1) is 0 Å². The molecule has 5 rings (SSSR count). The zero-order valence-corrected chi connectivity index (χ0v) is 20.1. The molecule has 0 aliphatic rings. The van der Waals surface area contributed by atoms with Crippen molar-refractivity contribution in [3.63, 3.8) is 0 Å². The van der Waals surface area contributed by atoms with Crippen molar-refractivity contribution in [2.24, 2.45) is 0 Å². The summed E-state index contributed by atoms with van der Waals surface area (Å²) in [5.74, 6) is 1.03. The number of esters is 1. The molecule has 36 heavy (non-hydrogen) atoms. The second-order valence-electron chi connectivity index (χ2n) is 8.51. The maximum atomic E-state index is 12.5. The highest BCUT2D eigenvalue weighted by atomic mass is 16.6. The van der Waals surface area contributed by atoms with Crippen LogP contribution in [0.5, 0.6) is 11.5 Å². The molecule has 0 amide bonds. The van der Waals surface area contributed by atoms with E-state index in [1.54, 1.807) is 39.2 Å². The van der Waals surface area contributed by atoms with Crippen molar-refractivity contribution in [1.29, 1.82) is 0 Å². The summed E-state index contributed by atoms with van der Waals surface area (Å²) in [7, 11) is 1.57. The van der Waals surface area contributed by atoms with Crippen molar-refractivity contribution in [3.05, 3.63) is 83.2 Å². The summed E-state index contributed by atoms with van der Waals surface area (Å²) in [6.07, 6.45) is -0.253. The van der Waals surface area contributed by atoms with Crippen LogP contribution in [-0.2, 0) is 9.53 Å². The molecule has 0 radical (unpaired) electrons. The summed E-state index contributed by atoms with van der Waals surface area (Å²) < 4.78 is 28.3. The molecule has 0 aliphatic heterocycles. The van der Waals surface area contributed by atoms with Gasteiger partial charge in [0, 0.05) is 28.0 Å². The van der Waals surface area contributed by atoms with E-state index in [1.807, 2.05) is 48.5 Å². The standard InChI is InChI=1S/C29H24O7/c1-17(2)34-28(31)16-33-24-14-21-22(25-12-19-10-7-11-23(32-3)29(19)36-25)15-27(30)35-26(21)13-20(24)18-8-5-4-6-9-18/h4-15,17H,16H2,1-3H3. The summed E-state index contributed by atoms with van der Waals surface area (Å²) in [6, 6.07) is 21.8. The molecule has 182 valence electrons. The summed E-state index contributed by atoms with van der Waals surface area (Å²) in [4.78, 5) is 24.7. The lowest BCUT2D eigenvalue weighted by Crippen LogP contribution is -2.19. The Labute approximate surface area is 206 Å². The van der Waals surface area contributed by atoms with E-state index in [0.29, 0.717) is 44.9 Å². The Hall–Kier alpha value is -4.52. The molecule has 0 unspecified atom stereocenters. The minimum absolute atomic E-state index is 0.253. The van der Waals surface area contributed by atoms with Crippen LogP contribution in [0.1, 0.15) is 13.8 Å². The number of fused-ring (bicyclic) bond motifs is 2. The van der Waals surface area contributed by atoms with Gasteiger partial charge < -0.3 is 23.0 Å². The van der Waals surface area contributed by atoms with Gasteiger partial charge in [0.25, 0.3) is 0 Å². The van der Waals surface area contributed by atoms with Crippen LogP contribution in [-0.4, -0.2) is 25.8 Å². The fourth-order valence-corrected chi connectivity index (χ4v) is 4.12. The molecular formula is C29H24O7. The van der Waals surface area contributed by atoms with Gasteiger partial charge in [-0.3, -0.25) is 0 Å². The first kappa shape index (κ1) is 23.2. The van der Waals surface area contributed by atoms with Crippen molar-refractivity contribution >= 4 is 27.9 Å². The highest BCUT2D eigenvalue weighted by Gasteiger charge is 2.19. The lowest BCUT2D eigenvalue weighted by atomic mass is 10.00. The van der Waals surface area contributed by atoms with Crippen molar-refractivity contribution in [1.82, 2.24) is 0 Å². The quantitative estimate of drug-likeness (QED) is 0.200. The summed E-state index contributed by atoms with van der Waals surface area (Å²) in [6.45, 7) is 3.29. The Morgan fingerprint density at radius 3 is 2.44 bits per heavy atom. The Morgan fingerprint density at radius 2 is 1.69 bits per heavy atom. The van der Waals surface area contributed by atoms with E-state index < -0.39 is 11.6 Å². The van der Waals surface area contributed by atoms with E-state index in [9.17, 15) is 9.59 Å². The molecular weight excluding hydrogens is 460 g/mol. The third kappa shape index (κ3) is 4.55. The van der Waals surface area contributed by atoms with Gasteiger partial charge >= 0.3 is 11.6 Å². The third-order valence-electron chi connectivity index (χ3n) is 5.64. The molecule has 0 N–H and O–H groups in total. The molecule has 2 aromatic heterocycles. The fourth-order valence-electron chi connectivity index (χ4n) is 4.12. The van der Waals surface area contributed by atoms with E-state index >= 15 is 0 Å². The Morgan fingerprint density at radius 1 is 0.889 bits per heavy atom. The van der Waals surface area contributed by atoms with Gasteiger partial charge in [-0.25, -0.2) is 9.59 Å². The summed E-state index contributed by atoms with van der Waals surface area (Å²) in [5.41, 5.74) is 2.47. The number of rotatable bonds is 7. The number of methoxy groups -OCH3 is 1. The average molecular weight is 485 g/mol. The number of benzene rings is 3. The topological polar surface area (TPSA) is 88.1 Å². The van der Waals surface area contributed by atoms with Crippen LogP contribution < -0.4 is 15.1 Å². The monoisotopic (exact) mass is 484 g/mol. The zero-order valence-electron chi connectivity index (χ0n) is 20.1. The van der Waals surface area contributed by atoms with Gasteiger partial charge in [0.2, 0.25) is 0 Å². The van der Waals surface area contributed by atoms with Gasteiger partial charge in [0.05, 0.1) is 13.2 Å². The summed E-state index contributed by atoms with van der Waals surface area (Å²) >= 11 is 0. The van der Waals surface area contributed by atoms with Gasteiger partial charge in [-0.1, -0.05) is 42.5 Å². The predicted octanol–water partition coefficient (Wildman–Crippen LogP) is 6.21. The Kier molecular flexibility index (Phi) is 6.21. The minimum Gasteiger partial charge on any atom is -0.493 e. The molecule has 7 nitrogen and oxygen atoms in total. The summed E-state index contributed by atoms with van der Waals surface area (Å²) in [5, 5.41) is 1.43. The highest BCUT2D eigenvalue weighted by molar-refractivity contribution is 5.98. The van der Waals surface area contributed by atoms with E-state index in [0.717, 1.165) is 10.9 Å². The molecule has 3 aromatic carbocycles. The first-order valence-corrected chi connectivity index (χ1v) is 11.5. The van der Waals surface area contributed by atoms with E-state index in [1.165, 1.54) is 6.07 Å². The predicted molar refractivity (Wildman–Crippen MR) is 136 cm³/mol. The van der Waals surface area contributed by atoms with Crippen LogP contribution >= 0.6 is 0 Å². The minimum atomic E-state index is -0.516. The zero-order chi connectivity index (χ0) is 25.2. The number of para-hydroxylation sites is 1. The molecule has 0 saturated carbocycles. The van der Waals surface area contributed by atoms with Crippen molar-refractivity contribution < 1.29 is 27.8 Å². The number of carbonyl (C=O) groups is 1. The Bertz CT molecular complexity index is 1610. The molecule has 0 bridgehead atoms. The van der Waals surface area contributed by atoms with Gasteiger partial charge in [0.1, 0.15) is 17.1 Å². The number of furan rings is 1. The van der Waals surface area contributed by atoms with Crippen LogP contribution in [0.4, 0.5) is 0 Å². The molecule has 7 heteroatoms. The third-order valence-corrected chi connectivity index (χ3v) is 5.64. The van der Waals surface area contributed by atoms with Crippen LogP contribution in [0.15, 0.2) is 86.4 Å². The molecule has 0 aliphatic carbocycles. The van der Waals surface area contributed by atoms with E-state index in [-0.39, 0.29) is 12.7 Å². The maximum Gasteiger partial charge on any atom is 0.344 e. The number of hydrogen-bond acceptors (Lipinski definition) is 7. The van der Waals surface area contributed by atoms with Crippen molar-refractivity contribution in [2.75, 3.05) is 13.7 Å². The molecule has 2 heterocycles. The average Bonchev–Trinajstić information content (AvgIpc) is 3.31. The van der Waals surface area contributed by atoms with Crippen LogP contribution in [0.25, 0.3) is 44.4 Å². The molecule has 0 fully saturated rings. The first-order valence-electron chi connectivity index (χ1n) is 11.5. The van der Waals surface area contributed by atoms with E-state index in [2.05, 4.69) is 0 Å². The normalized spacial score (nSPS) is 11.2. The SMILES string of the molecule is COc1cccc2cc(-c3cc(=O)oc4cc(-c5ccccc5)c(OCC(=O)OC(C)C)cc34)oc12. The van der Waals surface area contributed by atoms with E-state index in [4.69, 9.17) is 23.0 Å². The molecule has 0 atom stereocenters. The Balaban J connectivity index is 1.68. The van der Waals surface area contributed by atoms with Gasteiger partial charge in [0.15, 0.2) is 17.9 Å². The number of carbonyl (C=O) groups excluding carboxylic acids is 1. The number of ether oxygens (including phenoxy) is 3. The largest absolute Gasteiger partial charge is 0.493 e. The lowest BCUT2D eigenvalue weighted by molar-refractivity contribution is -0.149. The van der Waals surface area contributed by atoms with Crippen molar-refractivity contribution in [3.8, 4) is 33.9 Å². The fraction of sp³-hybridized carbons (Fsp3) is 0.172. The molecule has 0 saturated heterocycles. The maximum absolute atomic E-state index is 12.5. The second-order valence-corrected chi connectivity index (χ2v) is 8.51.